The Morgan fingerprint density at radius 1 is 1.24 bits per heavy atom. The molecule has 1 saturated heterocycles. The molecule has 1 aromatic rings. The molecule has 21 heavy (non-hydrogen) atoms. The molecule has 2 amide bonds. The molecule has 6 heteroatoms. The number of thiophene rings is 1. The van der Waals surface area contributed by atoms with Crippen LogP contribution < -0.4 is 4.90 Å². The van der Waals surface area contributed by atoms with Crippen LogP contribution in [0.4, 0.5) is 0 Å². The number of carbonyl (C=O) groups is 2. The van der Waals surface area contributed by atoms with Crippen LogP contribution in [-0.2, 0) is 16.1 Å². The van der Waals surface area contributed by atoms with E-state index in [-0.39, 0.29) is 23.7 Å². The summed E-state index contributed by atoms with van der Waals surface area (Å²) in [5.41, 5.74) is 0. The summed E-state index contributed by atoms with van der Waals surface area (Å²) in [5, 5.41) is 0. The fourth-order valence-corrected chi connectivity index (χ4v) is 4.66. The van der Waals surface area contributed by atoms with E-state index in [4.69, 9.17) is 11.6 Å². The highest BCUT2D eigenvalue weighted by atomic mass is 35.5. The van der Waals surface area contributed by atoms with Crippen LogP contribution in [0.2, 0.25) is 4.34 Å². The molecule has 4 nitrogen and oxygen atoms in total. The van der Waals surface area contributed by atoms with Crippen LogP contribution >= 0.6 is 22.9 Å². The van der Waals surface area contributed by atoms with E-state index < -0.39 is 0 Å². The maximum absolute atomic E-state index is 12.4. The minimum Gasteiger partial charge on any atom is -0.315 e. The maximum atomic E-state index is 12.4. The van der Waals surface area contributed by atoms with Gasteiger partial charge in [-0.3, -0.25) is 9.59 Å². The fraction of sp³-hybridized carbons (Fsp3) is 0.600. The molecule has 2 fully saturated rings. The first-order valence-electron chi connectivity index (χ1n) is 7.47. The van der Waals surface area contributed by atoms with Crippen molar-refractivity contribution in [2.45, 2.75) is 32.2 Å². The van der Waals surface area contributed by atoms with Crippen LogP contribution in [0.3, 0.4) is 0 Å². The van der Waals surface area contributed by atoms with Gasteiger partial charge in [-0.1, -0.05) is 24.4 Å². The molecule has 0 spiro atoms. The molecule has 0 bridgehead atoms. The standard InChI is InChI=1S/C15H19ClN2O2S/c1-17(8-10-6-7-13(16)21-10)9-18-14(19)11-4-2-3-5-12(11)15(18)20/h6-7,11-12H,2-5,8-9H2,1H3/p+1/t11-,12+. The molecular weight excluding hydrogens is 308 g/mol. The third-order valence-corrected chi connectivity index (χ3v) is 5.70. The Morgan fingerprint density at radius 3 is 2.38 bits per heavy atom. The van der Waals surface area contributed by atoms with Crippen LogP contribution in [0.15, 0.2) is 12.1 Å². The normalized spacial score (nSPS) is 27.0. The average Bonchev–Trinajstić information content (AvgIpc) is 2.97. The molecule has 1 aliphatic carbocycles. The van der Waals surface area contributed by atoms with Gasteiger partial charge in [-0.05, 0) is 25.0 Å². The van der Waals surface area contributed by atoms with Crippen molar-refractivity contribution in [3.8, 4) is 0 Å². The van der Waals surface area contributed by atoms with Crippen molar-refractivity contribution in [1.82, 2.24) is 4.90 Å². The van der Waals surface area contributed by atoms with Gasteiger partial charge >= 0.3 is 0 Å². The van der Waals surface area contributed by atoms with E-state index >= 15 is 0 Å². The fourth-order valence-electron chi connectivity index (χ4n) is 3.46. The summed E-state index contributed by atoms with van der Waals surface area (Å²) in [7, 11) is 2.01. The Balaban J connectivity index is 1.64. The number of nitrogens with zero attached hydrogens (tertiary/aromatic N) is 1. The van der Waals surface area contributed by atoms with E-state index in [0.717, 1.165) is 41.5 Å². The Bertz CT molecular complexity index is 536. The van der Waals surface area contributed by atoms with Crippen LogP contribution in [-0.4, -0.2) is 30.4 Å². The number of carbonyl (C=O) groups excluding carboxylic acids is 2. The number of hydrogen-bond acceptors (Lipinski definition) is 3. The molecule has 1 saturated carbocycles. The summed E-state index contributed by atoms with van der Waals surface area (Å²) in [6.45, 7) is 1.24. The molecule has 0 radical (unpaired) electrons. The first-order valence-corrected chi connectivity index (χ1v) is 8.66. The van der Waals surface area contributed by atoms with Crippen LogP contribution in [0.5, 0.6) is 0 Å². The molecular formula is C15H20ClN2O2S+. The first-order chi connectivity index (χ1) is 10.1. The number of likely N-dealkylation sites (tertiary alicyclic amines) is 1. The highest BCUT2D eigenvalue weighted by molar-refractivity contribution is 7.16. The second-order valence-electron chi connectivity index (χ2n) is 6.10. The zero-order chi connectivity index (χ0) is 15.0. The van der Waals surface area contributed by atoms with Gasteiger partial charge in [0.1, 0.15) is 6.54 Å². The smallest absolute Gasteiger partial charge is 0.237 e. The van der Waals surface area contributed by atoms with Crippen molar-refractivity contribution in [2.24, 2.45) is 11.8 Å². The highest BCUT2D eigenvalue weighted by Crippen LogP contribution is 2.37. The maximum Gasteiger partial charge on any atom is 0.237 e. The summed E-state index contributed by atoms with van der Waals surface area (Å²) >= 11 is 7.49. The molecule has 1 N–H and O–H groups in total. The minimum atomic E-state index is -0.0461. The van der Waals surface area contributed by atoms with Crippen LogP contribution in [0, 0.1) is 11.8 Å². The van der Waals surface area contributed by atoms with Crippen molar-refractivity contribution in [2.75, 3.05) is 13.7 Å². The minimum absolute atomic E-state index is 0.0461. The molecule has 1 aliphatic heterocycles. The summed E-state index contributed by atoms with van der Waals surface area (Å²) < 4.78 is 0.775. The van der Waals surface area contributed by atoms with Gasteiger partial charge in [0.15, 0.2) is 6.67 Å². The van der Waals surface area contributed by atoms with E-state index in [1.807, 2.05) is 19.2 Å². The number of quaternary nitrogens is 1. The number of hydrogen-bond donors (Lipinski definition) is 1. The number of halogens is 1. The zero-order valence-corrected chi connectivity index (χ0v) is 13.7. The molecule has 2 heterocycles. The molecule has 1 aromatic heterocycles. The number of amides is 2. The van der Waals surface area contributed by atoms with Crippen molar-refractivity contribution >= 4 is 34.8 Å². The lowest BCUT2D eigenvalue weighted by molar-refractivity contribution is -0.900. The van der Waals surface area contributed by atoms with Crippen molar-refractivity contribution in [1.29, 1.82) is 0 Å². The summed E-state index contributed by atoms with van der Waals surface area (Å²) in [4.78, 5) is 28.6. The predicted molar refractivity (Wildman–Crippen MR) is 82.1 cm³/mol. The lowest BCUT2D eigenvalue weighted by Gasteiger charge is -2.20. The Hall–Kier alpha value is -0.910. The van der Waals surface area contributed by atoms with Crippen LogP contribution in [0.25, 0.3) is 0 Å². The highest BCUT2D eigenvalue weighted by Gasteiger charge is 2.48. The number of rotatable bonds is 4. The zero-order valence-electron chi connectivity index (χ0n) is 12.1. The molecule has 2 aliphatic rings. The topological polar surface area (TPSA) is 41.8 Å². The van der Waals surface area contributed by atoms with Gasteiger partial charge in [-0.15, -0.1) is 11.3 Å². The van der Waals surface area contributed by atoms with Gasteiger partial charge in [-0.2, -0.15) is 0 Å². The summed E-state index contributed by atoms with van der Waals surface area (Å²) in [5.74, 6) is 0.00647. The van der Waals surface area contributed by atoms with Gasteiger partial charge in [0.05, 0.1) is 28.1 Å². The Morgan fingerprint density at radius 2 is 1.86 bits per heavy atom. The molecule has 114 valence electrons. The molecule has 0 aromatic carbocycles. The average molecular weight is 328 g/mol. The first kappa shape index (κ1) is 15.0. The van der Waals surface area contributed by atoms with Gasteiger partial charge in [0.25, 0.3) is 0 Å². The van der Waals surface area contributed by atoms with E-state index in [9.17, 15) is 9.59 Å². The lowest BCUT2D eigenvalue weighted by atomic mass is 9.81. The molecule has 1 unspecified atom stereocenters. The largest absolute Gasteiger partial charge is 0.315 e. The van der Waals surface area contributed by atoms with Gasteiger partial charge < -0.3 is 4.90 Å². The monoisotopic (exact) mass is 327 g/mol. The molecule has 3 rings (SSSR count). The SMILES string of the molecule is C[NH+](Cc1ccc(Cl)s1)CN1C(=O)[C@H]2CCCC[C@H]2C1=O. The van der Waals surface area contributed by atoms with Gasteiger partial charge in [-0.25, -0.2) is 4.90 Å². The predicted octanol–water partition coefficient (Wildman–Crippen LogP) is 1.55. The van der Waals surface area contributed by atoms with Gasteiger partial charge in [0, 0.05) is 0 Å². The van der Waals surface area contributed by atoms with E-state index in [2.05, 4.69) is 0 Å². The number of nitrogens with one attached hydrogen (secondary N) is 1. The van der Waals surface area contributed by atoms with Gasteiger partial charge in [0.2, 0.25) is 11.8 Å². The van der Waals surface area contributed by atoms with E-state index in [1.165, 1.54) is 9.78 Å². The van der Waals surface area contributed by atoms with Crippen molar-refractivity contribution in [3.63, 3.8) is 0 Å². The summed E-state index contributed by atoms with van der Waals surface area (Å²) in [6, 6.07) is 3.89. The second kappa shape index (κ2) is 6.07. The number of fused-ring (bicyclic) bond motifs is 1. The van der Waals surface area contributed by atoms with E-state index in [1.54, 1.807) is 11.3 Å². The summed E-state index contributed by atoms with van der Waals surface area (Å²) in [6.07, 6.45) is 3.91. The second-order valence-corrected chi connectivity index (χ2v) is 7.90. The lowest BCUT2D eigenvalue weighted by Crippen LogP contribution is -3.09. The van der Waals surface area contributed by atoms with Crippen molar-refractivity contribution in [3.05, 3.63) is 21.3 Å². The Kier molecular flexibility index (Phi) is 4.33. The third-order valence-electron chi connectivity index (χ3n) is 4.47. The van der Waals surface area contributed by atoms with Crippen LogP contribution in [0.1, 0.15) is 30.6 Å². The Labute approximate surface area is 133 Å². The molecule has 3 atom stereocenters. The third kappa shape index (κ3) is 3.00. The van der Waals surface area contributed by atoms with Crippen molar-refractivity contribution < 1.29 is 14.5 Å². The quantitative estimate of drug-likeness (QED) is 0.853. The van der Waals surface area contributed by atoms with E-state index in [0.29, 0.717) is 6.67 Å². The number of imide groups is 1.